The molecule has 4 heterocycles. The van der Waals surface area contributed by atoms with Crippen LogP contribution in [0.3, 0.4) is 0 Å². The zero-order valence-corrected chi connectivity index (χ0v) is 18.6. The van der Waals surface area contributed by atoms with Crippen molar-refractivity contribution in [1.29, 1.82) is 0 Å². The van der Waals surface area contributed by atoms with Crippen molar-refractivity contribution >= 4 is 23.1 Å². The molecule has 1 amide bonds. The van der Waals surface area contributed by atoms with Crippen LogP contribution in [-0.4, -0.2) is 80.0 Å². The van der Waals surface area contributed by atoms with Crippen molar-refractivity contribution in [3.05, 3.63) is 48.3 Å². The van der Waals surface area contributed by atoms with Crippen molar-refractivity contribution in [1.82, 2.24) is 24.8 Å². The summed E-state index contributed by atoms with van der Waals surface area (Å²) >= 11 is 0. The third-order valence-electron chi connectivity index (χ3n) is 5.97. The number of nitrogens with one attached hydrogen (secondary N) is 2. The first-order chi connectivity index (χ1) is 17.0. The molecule has 2 saturated heterocycles. The third-order valence-corrected chi connectivity index (χ3v) is 5.97. The summed E-state index contributed by atoms with van der Waals surface area (Å²) in [5.41, 5.74) is 1.60. The maximum atomic E-state index is 13.0. The van der Waals surface area contributed by atoms with Crippen molar-refractivity contribution in [2.45, 2.75) is 43.5 Å². The molecule has 186 valence electrons. The molecule has 13 heteroatoms. The van der Waals surface area contributed by atoms with E-state index in [1.54, 1.807) is 12.1 Å². The first kappa shape index (κ1) is 23.4. The van der Waals surface area contributed by atoms with Crippen LogP contribution >= 0.6 is 0 Å². The molecule has 35 heavy (non-hydrogen) atoms. The fraction of sp³-hybridized carbons (Fsp3) is 0.455. The van der Waals surface area contributed by atoms with E-state index in [2.05, 4.69) is 25.6 Å². The average molecular weight is 488 g/mol. The fourth-order valence-electron chi connectivity index (χ4n) is 4.07. The number of hydrogen-bond acceptors (Lipinski definition) is 10. The minimum absolute atomic E-state index is 0.115. The first-order valence-electron chi connectivity index (χ1n) is 11.2. The minimum Gasteiger partial charge on any atom is -0.447 e. The van der Waals surface area contributed by atoms with E-state index in [4.69, 9.17) is 14.2 Å². The summed E-state index contributed by atoms with van der Waals surface area (Å²) in [6.45, 7) is 1.10. The molecule has 0 saturated carbocycles. The highest BCUT2D eigenvalue weighted by molar-refractivity contribution is 5.82. The Labute approximate surface area is 199 Å². The van der Waals surface area contributed by atoms with Crippen LogP contribution < -0.4 is 10.6 Å². The van der Waals surface area contributed by atoms with Crippen molar-refractivity contribution in [2.75, 3.05) is 25.1 Å². The highest BCUT2D eigenvalue weighted by Crippen LogP contribution is 2.32. The Morgan fingerprint density at radius 3 is 2.80 bits per heavy atom. The lowest BCUT2D eigenvalue weighted by molar-refractivity contribution is -0.0533. The minimum atomic E-state index is -1.31. The Morgan fingerprint density at radius 1 is 1.20 bits per heavy atom. The van der Waals surface area contributed by atoms with Crippen molar-refractivity contribution in [3.8, 4) is 0 Å². The largest absolute Gasteiger partial charge is 0.447 e. The quantitative estimate of drug-likeness (QED) is 0.374. The van der Waals surface area contributed by atoms with Gasteiger partial charge in [0.1, 0.15) is 37.1 Å². The summed E-state index contributed by atoms with van der Waals surface area (Å²) in [6.07, 6.45) is -1.65. The molecule has 12 nitrogen and oxygen atoms in total. The van der Waals surface area contributed by atoms with E-state index in [1.807, 2.05) is 0 Å². The van der Waals surface area contributed by atoms with Crippen LogP contribution in [0.4, 0.5) is 15.0 Å². The maximum Gasteiger partial charge on any atom is 0.407 e. The van der Waals surface area contributed by atoms with Gasteiger partial charge in [-0.2, -0.15) is 0 Å². The summed E-state index contributed by atoms with van der Waals surface area (Å²) in [6, 6.07) is 5.78. The van der Waals surface area contributed by atoms with Crippen molar-refractivity contribution < 1.29 is 33.6 Å². The zero-order valence-electron chi connectivity index (χ0n) is 18.6. The molecule has 0 spiro atoms. The summed E-state index contributed by atoms with van der Waals surface area (Å²) in [7, 11) is 0. The number of amides is 1. The van der Waals surface area contributed by atoms with Crippen molar-refractivity contribution in [2.24, 2.45) is 0 Å². The Morgan fingerprint density at radius 2 is 2.03 bits per heavy atom. The highest BCUT2D eigenvalue weighted by atomic mass is 19.1. The zero-order chi connectivity index (χ0) is 24.4. The van der Waals surface area contributed by atoms with Gasteiger partial charge in [-0.05, 0) is 24.1 Å². The number of aromatic nitrogens is 4. The number of hydrogen-bond donors (Lipinski definition) is 4. The predicted molar refractivity (Wildman–Crippen MR) is 119 cm³/mol. The van der Waals surface area contributed by atoms with E-state index in [0.29, 0.717) is 35.8 Å². The summed E-state index contributed by atoms with van der Waals surface area (Å²) in [5, 5.41) is 26.9. The van der Waals surface area contributed by atoms with E-state index in [-0.39, 0.29) is 25.0 Å². The number of imidazole rings is 1. The average Bonchev–Trinajstić information content (AvgIpc) is 3.59. The number of ether oxygens (including phenoxy) is 3. The van der Waals surface area contributed by atoms with E-state index >= 15 is 0 Å². The van der Waals surface area contributed by atoms with E-state index in [9.17, 15) is 19.4 Å². The monoisotopic (exact) mass is 488 g/mol. The second-order valence-electron chi connectivity index (χ2n) is 8.38. The number of fused-ring (bicyclic) bond motifs is 1. The molecule has 2 aromatic heterocycles. The fourth-order valence-corrected chi connectivity index (χ4v) is 4.07. The van der Waals surface area contributed by atoms with E-state index in [0.717, 1.165) is 6.42 Å². The molecule has 0 radical (unpaired) electrons. The molecule has 1 aromatic carbocycles. The van der Waals surface area contributed by atoms with Gasteiger partial charge in [0.25, 0.3) is 0 Å². The number of carbonyl (C=O) groups is 1. The molecule has 4 N–H and O–H groups in total. The number of halogens is 1. The first-order valence-corrected chi connectivity index (χ1v) is 11.2. The summed E-state index contributed by atoms with van der Waals surface area (Å²) in [5.74, 6) is 0.167. The Balaban J connectivity index is 1.21. The van der Waals surface area contributed by atoms with Crippen molar-refractivity contribution in [3.63, 3.8) is 0 Å². The van der Waals surface area contributed by atoms with Crippen LogP contribution in [0, 0.1) is 5.82 Å². The molecule has 2 aliphatic heterocycles. The van der Waals surface area contributed by atoms with Gasteiger partial charge in [-0.15, -0.1) is 0 Å². The van der Waals surface area contributed by atoms with Crippen LogP contribution in [0.1, 0.15) is 18.2 Å². The lowest BCUT2D eigenvalue weighted by atomic mass is 10.1. The molecule has 0 unspecified atom stereocenters. The Bertz CT molecular complexity index is 1170. The number of anilines is 1. The molecule has 0 bridgehead atoms. The van der Waals surface area contributed by atoms with Crippen LogP contribution in [0.5, 0.6) is 0 Å². The smallest absolute Gasteiger partial charge is 0.407 e. The molecule has 2 aliphatic rings. The van der Waals surface area contributed by atoms with E-state index < -0.39 is 30.6 Å². The second kappa shape index (κ2) is 10.1. The Hall–Kier alpha value is -3.39. The van der Waals surface area contributed by atoms with Gasteiger partial charge in [-0.25, -0.2) is 24.1 Å². The van der Waals surface area contributed by atoms with Gasteiger partial charge in [0.15, 0.2) is 23.2 Å². The molecular formula is C22H25FN6O6. The molecule has 5 atom stereocenters. The lowest BCUT2D eigenvalue weighted by Crippen LogP contribution is -2.35. The number of benzene rings is 1. The Kier molecular flexibility index (Phi) is 6.72. The van der Waals surface area contributed by atoms with Crippen LogP contribution in [0.2, 0.25) is 0 Å². The number of aliphatic hydroxyl groups excluding tert-OH is 2. The van der Waals surface area contributed by atoms with Gasteiger partial charge in [0.05, 0.1) is 19.0 Å². The number of aliphatic hydroxyl groups is 2. The normalized spacial score (nSPS) is 26.2. The summed E-state index contributed by atoms with van der Waals surface area (Å²) in [4.78, 5) is 24.9. The standard InChI is InChI=1S/C22H25FN6O6/c23-13-3-1-12(2-4-13)7-24-22(32)34-9-15-17(30)18(31)21(35-15)29-11-27-16-19(25-10-26-20(16)29)28-14-5-6-33-8-14/h1-4,10-11,14-15,17-18,21,30-31H,5-9H2,(H,24,32)(H,25,26,28)/t14-,15-,17-,18-,21-/m1/s1. The SMILES string of the molecule is O=C(NCc1ccc(F)cc1)OC[C@H]1O[C@@H](n2cnc3c(N[C@@H]4CCOC4)ncnc32)[C@H](O)[C@@H]1O. The lowest BCUT2D eigenvalue weighted by Gasteiger charge is -2.17. The predicted octanol–water partition coefficient (Wildman–Crippen LogP) is 0.712. The highest BCUT2D eigenvalue weighted by Gasteiger charge is 2.45. The molecular weight excluding hydrogens is 463 g/mol. The van der Waals surface area contributed by atoms with Crippen LogP contribution in [0.25, 0.3) is 11.2 Å². The van der Waals surface area contributed by atoms with Gasteiger partial charge in [-0.3, -0.25) is 4.57 Å². The van der Waals surface area contributed by atoms with Crippen LogP contribution in [0.15, 0.2) is 36.9 Å². The third kappa shape index (κ3) is 5.03. The van der Waals surface area contributed by atoms with Gasteiger partial charge in [-0.1, -0.05) is 12.1 Å². The number of alkyl carbamates (subject to hydrolysis) is 1. The van der Waals surface area contributed by atoms with Gasteiger partial charge >= 0.3 is 6.09 Å². The molecule has 5 rings (SSSR count). The molecule has 0 aliphatic carbocycles. The summed E-state index contributed by atoms with van der Waals surface area (Å²) < 4.78 is 30.8. The number of nitrogens with zero attached hydrogens (tertiary/aromatic N) is 4. The van der Waals surface area contributed by atoms with Crippen LogP contribution in [-0.2, 0) is 20.8 Å². The molecule has 3 aromatic rings. The second-order valence-corrected chi connectivity index (χ2v) is 8.38. The van der Waals surface area contributed by atoms with Gasteiger partial charge in [0.2, 0.25) is 0 Å². The molecule has 2 fully saturated rings. The van der Waals surface area contributed by atoms with E-state index in [1.165, 1.54) is 29.4 Å². The number of rotatable bonds is 7. The maximum absolute atomic E-state index is 13.0. The number of carbonyl (C=O) groups excluding carboxylic acids is 1. The van der Waals surface area contributed by atoms with Gasteiger partial charge in [0, 0.05) is 13.2 Å². The van der Waals surface area contributed by atoms with Gasteiger partial charge < -0.3 is 35.1 Å². The topological polar surface area (TPSA) is 153 Å².